The lowest BCUT2D eigenvalue weighted by Gasteiger charge is -2.07. The van der Waals surface area contributed by atoms with Gasteiger partial charge in [-0.05, 0) is 36.4 Å². The molecule has 2 heterocycles. The van der Waals surface area contributed by atoms with Crippen molar-refractivity contribution in [2.24, 2.45) is 0 Å². The highest BCUT2D eigenvalue weighted by Crippen LogP contribution is 2.23. The highest BCUT2D eigenvalue weighted by molar-refractivity contribution is 7.93. The molecule has 3 aromatic rings. The van der Waals surface area contributed by atoms with Crippen molar-refractivity contribution < 1.29 is 13.2 Å². The van der Waals surface area contributed by atoms with Crippen molar-refractivity contribution in [2.75, 3.05) is 10.0 Å². The van der Waals surface area contributed by atoms with E-state index >= 15 is 0 Å². The van der Waals surface area contributed by atoms with Gasteiger partial charge in [0.1, 0.15) is 5.51 Å². The zero-order valence-electron chi connectivity index (χ0n) is 11.8. The number of halogens is 1. The van der Waals surface area contributed by atoms with Crippen molar-refractivity contribution in [2.45, 2.75) is 4.90 Å². The predicted molar refractivity (Wildman–Crippen MR) is 94.4 cm³/mol. The molecule has 2 N–H and O–H groups in total. The van der Waals surface area contributed by atoms with Gasteiger partial charge in [0.25, 0.3) is 15.9 Å². The molecule has 0 unspecified atom stereocenters. The number of amides is 1. The quantitative estimate of drug-likeness (QED) is 0.684. The van der Waals surface area contributed by atoms with Gasteiger partial charge >= 0.3 is 0 Å². The zero-order chi connectivity index (χ0) is 17.2. The molecule has 0 spiro atoms. The summed E-state index contributed by atoms with van der Waals surface area (Å²) in [4.78, 5) is 12.5. The number of anilines is 2. The molecule has 0 atom stereocenters. The monoisotopic (exact) mass is 400 g/mol. The van der Waals surface area contributed by atoms with E-state index in [9.17, 15) is 13.2 Å². The number of benzene rings is 1. The standard InChI is InChI=1S/C13H9ClN4O3S3/c14-11-6-5-10(23-11)12(19)16-8-1-3-9(4-2-8)24(20,21)18-13-17-15-7-22-13/h1-7H,(H,16,19)(H,17,18). The van der Waals surface area contributed by atoms with Crippen molar-refractivity contribution in [1.29, 1.82) is 0 Å². The molecule has 0 fully saturated rings. The van der Waals surface area contributed by atoms with E-state index in [4.69, 9.17) is 11.6 Å². The van der Waals surface area contributed by atoms with Gasteiger partial charge in [0.05, 0.1) is 14.1 Å². The molecule has 0 saturated heterocycles. The lowest BCUT2D eigenvalue weighted by molar-refractivity contribution is 0.103. The van der Waals surface area contributed by atoms with E-state index in [-0.39, 0.29) is 15.9 Å². The molecule has 11 heteroatoms. The highest BCUT2D eigenvalue weighted by Gasteiger charge is 2.16. The predicted octanol–water partition coefficient (Wildman–Crippen LogP) is 3.31. The minimum Gasteiger partial charge on any atom is -0.321 e. The number of nitrogens with one attached hydrogen (secondary N) is 2. The first kappa shape index (κ1) is 16.8. The van der Waals surface area contributed by atoms with Crippen LogP contribution in [0, 0.1) is 0 Å². The Labute approximate surface area is 150 Å². The van der Waals surface area contributed by atoms with Crippen LogP contribution in [0.1, 0.15) is 9.67 Å². The molecule has 124 valence electrons. The van der Waals surface area contributed by atoms with E-state index in [1.54, 1.807) is 12.1 Å². The van der Waals surface area contributed by atoms with Gasteiger partial charge in [-0.1, -0.05) is 22.9 Å². The molecule has 7 nitrogen and oxygen atoms in total. The van der Waals surface area contributed by atoms with Crippen molar-refractivity contribution in [3.63, 3.8) is 0 Å². The smallest absolute Gasteiger partial charge is 0.265 e. The first-order valence-electron chi connectivity index (χ1n) is 6.40. The summed E-state index contributed by atoms with van der Waals surface area (Å²) >= 11 is 8.03. The molecule has 0 bridgehead atoms. The van der Waals surface area contributed by atoms with E-state index in [1.165, 1.54) is 29.8 Å². The van der Waals surface area contributed by atoms with Gasteiger partial charge in [-0.25, -0.2) is 8.42 Å². The molecular formula is C13H9ClN4O3S3. The van der Waals surface area contributed by atoms with Gasteiger partial charge < -0.3 is 5.32 Å². The molecule has 2 aromatic heterocycles. The number of carbonyl (C=O) groups is 1. The summed E-state index contributed by atoms with van der Waals surface area (Å²) in [7, 11) is -3.75. The van der Waals surface area contributed by atoms with Gasteiger partial charge in [0.2, 0.25) is 5.13 Å². The van der Waals surface area contributed by atoms with E-state index in [2.05, 4.69) is 20.2 Å². The molecule has 0 aliphatic rings. The van der Waals surface area contributed by atoms with Crippen LogP contribution in [0.25, 0.3) is 0 Å². The summed E-state index contributed by atoms with van der Waals surface area (Å²) in [6, 6.07) is 9.04. The Morgan fingerprint density at radius 2 is 1.88 bits per heavy atom. The minimum absolute atomic E-state index is 0.0508. The van der Waals surface area contributed by atoms with E-state index in [1.807, 2.05) is 0 Å². The Bertz CT molecular complexity index is 953. The van der Waals surface area contributed by atoms with Crippen molar-refractivity contribution in [3.8, 4) is 0 Å². The average molecular weight is 401 g/mol. The summed E-state index contributed by atoms with van der Waals surface area (Å²) in [6.45, 7) is 0. The maximum atomic E-state index is 12.2. The van der Waals surface area contributed by atoms with Gasteiger partial charge in [-0.2, -0.15) is 0 Å². The van der Waals surface area contributed by atoms with Crippen molar-refractivity contribution in [1.82, 2.24) is 10.2 Å². The lowest BCUT2D eigenvalue weighted by atomic mass is 10.3. The third kappa shape index (κ3) is 3.90. The van der Waals surface area contributed by atoms with Crippen LogP contribution >= 0.6 is 34.3 Å². The second-order valence-corrected chi connectivity index (χ2v) is 8.66. The molecule has 3 rings (SSSR count). The molecule has 0 saturated carbocycles. The number of nitrogens with zero attached hydrogens (tertiary/aromatic N) is 2. The zero-order valence-corrected chi connectivity index (χ0v) is 15.0. The Balaban J connectivity index is 1.72. The lowest BCUT2D eigenvalue weighted by Crippen LogP contribution is -2.13. The second-order valence-electron chi connectivity index (χ2n) is 4.43. The number of sulfonamides is 1. The molecule has 1 amide bonds. The summed E-state index contributed by atoms with van der Waals surface area (Å²) in [5.41, 5.74) is 1.90. The van der Waals surface area contributed by atoms with E-state index in [0.717, 1.165) is 22.7 Å². The van der Waals surface area contributed by atoms with Crippen LogP contribution in [0.3, 0.4) is 0 Å². The number of aromatic nitrogens is 2. The Hall–Kier alpha value is -2.01. The molecule has 0 aliphatic carbocycles. The average Bonchev–Trinajstić information content (AvgIpc) is 3.19. The molecule has 1 aromatic carbocycles. The van der Waals surface area contributed by atoms with Crippen LogP contribution in [-0.4, -0.2) is 24.5 Å². The van der Waals surface area contributed by atoms with Crippen LogP contribution in [0.15, 0.2) is 46.8 Å². The third-order valence-electron chi connectivity index (χ3n) is 2.80. The van der Waals surface area contributed by atoms with E-state index < -0.39 is 10.0 Å². The van der Waals surface area contributed by atoms with Crippen LogP contribution in [0.5, 0.6) is 0 Å². The minimum atomic E-state index is -3.75. The first-order chi connectivity index (χ1) is 11.4. The van der Waals surface area contributed by atoms with Crippen LogP contribution in [-0.2, 0) is 10.0 Å². The largest absolute Gasteiger partial charge is 0.321 e. The normalized spacial score (nSPS) is 11.2. The highest BCUT2D eigenvalue weighted by atomic mass is 35.5. The maximum Gasteiger partial charge on any atom is 0.265 e. The fraction of sp³-hybridized carbons (Fsp3) is 0. The third-order valence-corrected chi connectivity index (χ3v) is 6.12. The fourth-order valence-electron chi connectivity index (χ4n) is 1.74. The first-order valence-corrected chi connectivity index (χ1v) is 9.95. The van der Waals surface area contributed by atoms with Gasteiger partial charge in [-0.15, -0.1) is 21.5 Å². The van der Waals surface area contributed by atoms with Gasteiger partial charge in [0, 0.05) is 5.69 Å². The number of hydrogen-bond acceptors (Lipinski definition) is 7. The number of thiophene rings is 1. The van der Waals surface area contributed by atoms with Crippen molar-refractivity contribution in [3.05, 3.63) is 51.1 Å². The van der Waals surface area contributed by atoms with Crippen LogP contribution < -0.4 is 10.0 Å². The summed E-state index contributed by atoms with van der Waals surface area (Å²) in [5, 5.41) is 10.0. The second kappa shape index (κ2) is 6.85. The van der Waals surface area contributed by atoms with Gasteiger partial charge in [-0.3, -0.25) is 9.52 Å². The SMILES string of the molecule is O=C(Nc1ccc(S(=O)(=O)Nc2nncs2)cc1)c1ccc(Cl)s1. The fourth-order valence-corrected chi connectivity index (χ4v) is 4.37. The molecule has 24 heavy (non-hydrogen) atoms. The van der Waals surface area contributed by atoms with Crippen molar-refractivity contribution >= 4 is 61.0 Å². The Morgan fingerprint density at radius 3 is 2.46 bits per heavy atom. The van der Waals surface area contributed by atoms with Crippen LogP contribution in [0.2, 0.25) is 4.34 Å². The molecule has 0 aliphatic heterocycles. The number of rotatable bonds is 5. The summed E-state index contributed by atoms with van der Waals surface area (Å²) < 4.78 is 27.2. The summed E-state index contributed by atoms with van der Waals surface area (Å²) in [6.07, 6.45) is 0. The maximum absolute atomic E-state index is 12.2. The van der Waals surface area contributed by atoms with E-state index in [0.29, 0.717) is 14.9 Å². The number of hydrogen-bond donors (Lipinski definition) is 2. The topological polar surface area (TPSA) is 101 Å². The molecule has 0 radical (unpaired) electrons. The van der Waals surface area contributed by atoms with Crippen LogP contribution in [0.4, 0.5) is 10.8 Å². The Morgan fingerprint density at radius 1 is 1.12 bits per heavy atom. The molecular weight excluding hydrogens is 392 g/mol. The Kier molecular flexibility index (Phi) is 4.81. The van der Waals surface area contributed by atoms with Gasteiger partial charge in [0.15, 0.2) is 0 Å². The summed E-state index contributed by atoms with van der Waals surface area (Å²) in [5.74, 6) is -0.311. The number of carbonyl (C=O) groups excluding carboxylic acids is 1.